The Morgan fingerprint density at radius 2 is 1.64 bits per heavy atom. The predicted octanol–water partition coefficient (Wildman–Crippen LogP) is 3.31. The number of hydrogen-bond donors (Lipinski definition) is 3. The van der Waals surface area contributed by atoms with Gasteiger partial charge in [-0.25, -0.2) is 4.79 Å². The summed E-state index contributed by atoms with van der Waals surface area (Å²) in [4.78, 5) is 22.9. The standard InChI is InChI=1S/C17H19N3O2/c1-12(13-6-3-2-4-7-13)10-16(21)19-14-8-5-9-15(11-14)20-17(18)22/h2-9,11-12H,10H2,1H3,(H,19,21)(H3,18,20,22). The van der Waals surface area contributed by atoms with E-state index in [9.17, 15) is 9.59 Å². The topological polar surface area (TPSA) is 84.2 Å². The molecular weight excluding hydrogens is 278 g/mol. The van der Waals surface area contributed by atoms with Crippen molar-refractivity contribution in [1.29, 1.82) is 0 Å². The van der Waals surface area contributed by atoms with Crippen molar-refractivity contribution in [2.75, 3.05) is 10.6 Å². The van der Waals surface area contributed by atoms with Crippen LogP contribution < -0.4 is 16.4 Å². The molecule has 0 spiro atoms. The van der Waals surface area contributed by atoms with Gasteiger partial charge < -0.3 is 16.4 Å². The summed E-state index contributed by atoms with van der Waals surface area (Å²) in [7, 11) is 0. The van der Waals surface area contributed by atoms with Crippen LogP contribution in [-0.4, -0.2) is 11.9 Å². The number of benzene rings is 2. The molecule has 5 heteroatoms. The Morgan fingerprint density at radius 3 is 2.27 bits per heavy atom. The van der Waals surface area contributed by atoms with E-state index in [4.69, 9.17) is 5.73 Å². The molecule has 0 aliphatic carbocycles. The zero-order chi connectivity index (χ0) is 15.9. The van der Waals surface area contributed by atoms with Crippen LogP contribution in [0.25, 0.3) is 0 Å². The highest BCUT2D eigenvalue weighted by Gasteiger charge is 2.11. The first kappa shape index (κ1) is 15.6. The molecule has 0 aliphatic rings. The Kier molecular flexibility index (Phi) is 5.14. The third kappa shape index (κ3) is 4.63. The SMILES string of the molecule is CC(CC(=O)Nc1cccc(NC(N)=O)c1)c1ccccc1. The van der Waals surface area contributed by atoms with Crippen LogP contribution in [0.2, 0.25) is 0 Å². The quantitative estimate of drug-likeness (QED) is 0.791. The average molecular weight is 297 g/mol. The van der Waals surface area contributed by atoms with Crippen molar-refractivity contribution < 1.29 is 9.59 Å². The van der Waals surface area contributed by atoms with E-state index in [1.54, 1.807) is 24.3 Å². The number of urea groups is 1. The van der Waals surface area contributed by atoms with Crippen molar-refractivity contribution in [3.8, 4) is 0 Å². The van der Waals surface area contributed by atoms with Gasteiger partial charge in [0, 0.05) is 17.8 Å². The van der Waals surface area contributed by atoms with Gasteiger partial charge in [-0.1, -0.05) is 43.3 Å². The molecule has 1 unspecified atom stereocenters. The van der Waals surface area contributed by atoms with E-state index in [1.165, 1.54) is 0 Å². The molecular formula is C17H19N3O2. The highest BCUT2D eigenvalue weighted by molar-refractivity contribution is 5.93. The second-order valence-corrected chi connectivity index (χ2v) is 5.13. The highest BCUT2D eigenvalue weighted by Crippen LogP contribution is 2.20. The molecule has 4 N–H and O–H groups in total. The number of carbonyl (C=O) groups is 2. The van der Waals surface area contributed by atoms with Crippen molar-refractivity contribution in [3.05, 3.63) is 60.2 Å². The van der Waals surface area contributed by atoms with E-state index in [0.29, 0.717) is 17.8 Å². The van der Waals surface area contributed by atoms with Gasteiger partial charge >= 0.3 is 6.03 Å². The molecule has 0 saturated heterocycles. The molecule has 0 saturated carbocycles. The highest BCUT2D eigenvalue weighted by atomic mass is 16.2. The van der Waals surface area contributed by atoms with Crippen LogP contribution >= 0.6 is 0 Å². The fraction of sp³-hybridized carbons (Fsp3) is 0.176. The molecule has 22 heavy (non-hydrogen) atoms. The molecule has 0 aliphatic heterocycles. The molecule has 0 radical (unpaired) electrons. The van der Waals surface area contributed by atoms with Crippen LogP contribution in [0.1, 0.15) is 24.8 Å². The molecule has 2 rings (SSSR count). The molecule has 0 aromatic heterocycles. The van der Waals surface area contributed by atoms with Gasteiger partial charge in [0.1, 0.15) is 0 Å². The first-order chi connectivity index (χ1) is 10.5. The average Bonchev–Trinajstić information content (AvgIpc) is 2.47. The lowest BCUT2D eigenvalue weighted by Crippen LogP contribution is -2.19. The Labute approximate surface area is 129 Å². The van der Waals surface area contributed by atoms with Gasteiger partial charge in [0.05, 0.1) is 0 Å². The third-order valence-electron chi connectivity index (χ3n) is 3.27. The van der Waals surface area contributed by atoms with Crippen molar-refractivity contribution in [1.82, 2.24) is 0 Å². The van der Waals surface area contributed by atoms with Crippen molar-refractivity contribution >= 4 is 23.3 Å². The van der Waals surface area contributed by atoms with Gasteiger partial charge in [-0.3, -0.25) is 4.79 Å². The summed E-state index contributed by atoms with van der Waals surface area (Å²) in [5.74, 6) is 0.0562. The van der Waals surface area contributed by atoms with Crippen molar-refractivity contribution in [2.24, 2.45) is 5.73 Å². The first-order valence-electron chi connectivity index (χ1n) is 7.06. The number of amides is 3. The van der Waals surface area contributed by atoms with Crippen LogP contribution in [0.5, 0.6) is 0 Å². The van der Waals surface area contributed by atoms with Gasteiger partial charge in [0.15, 0.2) is 0 Å². The van der Waals surface area contributed by atoms with Gasteiger partial charge in [0.25, 0.3) is 0 Å². The van der Waals surface area contributed by atoms with E-state index in [-0.39, 0.29) is 11.8 Å². The molecule has 0 fully saturated rings. The Balaban J connectivity index is 1.96. The number of anilines is 2. The molecule has 2 aromatic carbocycles. The summed E-state index contributed by atoms with van der Waals surface area (Å²) in [5, 5.41) is 5.30. The minimum Gasteiger partial charge on any atom is -0.351 e. The molecule has 3 amide bonds. The lowest BCUT2D eigenvalue weighted by molar-refractivity contribution is -0.116. The van der Waals surface area contributed by atoms with Crippen molar-refractivity contribution in [3.63, 3.8) is 0 Å². The Hall–Kier alpha value is -2.82. The molecule has 5 nitrogen and oxygen atoms in total. The maximum Gasteiger partial charge on any atom is 0.316 e. The number of primary amides is 1. The summed E-state index contributed by atoms with van der Waals surface area (Å²) in [6.45, 7) is 2.01. The molecule has 1 atom stereocenters. The fourth-order valence-electron chi connectivity index (χ4n) is 2.21. The number of nitrogens with two attached hydrogens (primary N) is 1. The Morgan fingerprint density at radius 1 is 1.00 bits per heavy atom. The summed E-state index contributed by atoms with van der Waals surface area (Å²) < 4.78 is 0. The lowest BCUT2D eigenvalue weighted by Gasteiger charge is -2.12. The van der Waals surface area contributed by atoms with E-state index < -0.39 is 6.03 Å². The lowest BCUT2D eigenvalue weighted by atomic mass is 9.97. The van der Waals surface area contributed by atoms with E-state index in [0.717, 1.165) is 5.56 Å². The van der Waals surface area contributed by atoms with Gasteiger partial charge in [-0.15, -0.1) is 0 Å². The summed E-state index contributed by atoms with van der Waals surface area (Å²) >= 11 is 0. The minimum atomic E-state index is -0.638. The monoisotopic (exact) mass is 297 g/mol. The largest absolute Gasteiger partial charge is 0.351 e. The van der Waals surface area contributed by atoms with E-state index >= 15 is 0 Å². The number of hydrogen-bond acceptors (Lipinski definition) is 2. The number of nitrogens with one attached hydrogen (secondary N) is 2. The second kappa shape index (κ2) is 7.26. The number of carbonyl (C=O) groups excluding carboxylic acids is 2. The van der Waals surface area contributed by atoms with E-state index in [2.05, 4.69) is 10.6 Å². The summed E-state index contributed by atoms with van der Waals surface area (Å²) in [6, 6.07) is 16.1. The number of rotatable bonds is 5. The van der Waals surface area contributed by atoms with Crippen LogP contribution in [0.15, 0.2) is 54.6 Å². The molecule has 114 valence electrons. The normalized spacial score (nSPS) is 11.5. The van der Waals surface area contributed by atoms with Gasteiger partial charge in [-0.05, 0) is 29.7 Å². The van der Waals surface area contributed by atoms with Gasteiger partial charge in [0.2, 0.25) is 5.91 Å². The smallest absolute Gasteiger partial charge is 0.316 e. The Bertz CT molecular complexity index is 656. The van der Waals surface area contributed by atoms with Crippen LogP contribution in [0, 0.1) is 0 Å². The maximum atomic E-state index is 12.1. The summed E-state index contributed by atoms with van der Waals surface area (Å²) in [6.07, 6.45) is 0.386. The van der Waals surface area contributed by atoms with Crippen molar-refractivity contribution in [2.45, 2.75) is 19.3 Å². The fourth-order valence-corrected chi connectivity index (χ4v) is 2.21. The third-order valence-corrected chi connectivity index (χ3v) is 3.27. The van der Waals surface area contributed by atoms with E-state index in [1.807, 2.05) is 37.3 Å². The zero-order valence-corrected chi connectivity index (χ0v) is 12.4. The van der Waals surface area contributed by atoms with Gasteiger partial charge in [-0.2, -0.15) is 0 Å². The summed E-state index contributed by atoms with van der Waals surface area (Å²) in [5.41, 5.74) is 7.36. The maximum absolute atomic E-state index is 12.1. The van der Waals surface area contributed by atoms with Crippen LogP contribution in [0.3, 0.4) is 0 Å². The predicted molar refractivity (Wildman–Crippen MR) is 87.8 cm³/mol. The minimum absolute atomic E-state index is 0.0763. The van der Waals surface area contributed by atoms with Crippen LogP contribution in [-0.2, 0) is 4.79 Å². The molecule has 0 heterocycles. The second-order valence-electron chi connectivity index (χ2n) is 5.13. The zero-order valence-electron chi connectivity index (χ0n) is 12.4. The van der Waals surface area contributed by atoms with Crippen LogP contribution in [0.4, 0.5) is 16.2 Å². The molecule has 2 aromatic rings. The first-order valence-corrected chi connectivity index (χ1v) is 7.06. The molecule has 0 bridgehead atoms.